The van der Waals surface area contributed by atoms with Crippen molar-refractivity contribution in [1.82, 2.24) is 0 Å². The molecule has 0 spiro atoms. The highest BCUT2D eigenvalue weighted by atomic mass is 16.3. The molecule has 0 aromatic heterocycles. The number of rotatable bonds is 3. The Labute approximate surface area is 123 Å². The van der Waals surface area contributed by atoms with Gasteiger partial charge in [-0.1, -0.05) is 36.4 Å². The molecule has 3 heteroatoms. The van der Waals surface area contributed by atoms with Crippen molar-refractivity contribution in [3.63, 3.8) is 0 Å². The minimum absolute atomic E-state index is 0.00471. The predicted molar refractivity (Wildman–Crippen MR) is 83.7 cm³/mol. The molecule has 0 aliphatic rings. The Bertz CT molecular complexity index is 774. The summed E-state index contributed by atoms with van der Waals surface area (Å²) in [7, 11) is 0. The molecule has 0 unspecified atom stereocenters. The second-order valence-corrected chi connectivity index (χ2v) is 4.89. The zero-order valence-electron chi connectivity index (χ0n) is 12.0. The Morgan fingerprint density at radius 3 is 2.48 bits per heavy atom. The fraction of sp³-hybridized carbons (Fsp3) is 0.111. The zero-order valence-corrected chi connectivity index (χ0v) is 12.0. The minimum Gasteiger partial charge on any atom is -0.504 e. The molecule has 0 heterocycles. The Morgan fingerprint density at radius 2 is 1.76 bits per heavy atom. The van der Waals surface area contributed by atoms with Gasteiger partial charge in [0.05, 0.1) is 5.56 Å². The van der Waals surface area contributed by atoms with Gasteiger partial charge < -0.3 is 5.11 Å². The van der Waals surface area contributed by atoms with Crippen LogP contribution >= 0.6 is 0 Å². The molecule has 2 aromatic rings. The molecule has 0 fully saturated rings. The SMILES string of the molecule is Cc1ccc(C=CC(=O)c2ccccc(=O)c2O)cc1C. The highest BCUT2D eigenvalue weighted by Gasteiger charge is 2.09. The minimum atomic E-state index is -0.567. The Hall–Kier alpha value is -2.68. The van der Waals surface area contributed by atoms with Crippen molar-refractivity contribution in [3.8, 4) is 5.75 Å². The number of benzene rings is 1. The second kappa shape index (κ2) is 6.18. The van der Waals surface area contributed by atoms with Crippen LogP contribution in [-0.4, -0.2) is 10.9 Å². The Balaban J connectivity index is 2.32. The highest BCUT2D eigenvalue weighted by Crippen LogP contribution is 2.14. The van der Waals surface area contributed by atoms with E-state index in [0.29, 0.717) is 0 Å². The van der Waals surface area contributed by atoms with Crippen molar-refractivity contribution in [2.24, 2.45) is 0 Å². The predicted octanol–water partition coefficient (Wildman–Crippen LogP) is 3.27. The maximum Gasteiger partial charge on any atom is 0.220 e. The van der Waals surface area contributed by atoms with Crippen molar-refractivity contribution in [1.29, 1.82) is 0 Å². The summed E-state index contributed by atoms with van der Waals surface area (Å²) < 4.78 is 0. The average Bonchev–Trinajstić information content (AvgIpc) is 2.62. The lowest BCUT2D eigenvalue weighted by molar-refractivity contribution is 0.104. The van der Waals surface area contributed by atoms with Crippen LogP contribution in [0.4, 0.5) is 0 Å². The van der Waals surface area contributed by atoms with Gasteiger partial charge in [-0.15, -0.1) is 0 Å². The molecule has 0 aliphatic carbocycles. The maximum atomic E-state index is 12.1. The second-order valence-electron chi connectivity index (χ2n) is 4.89. The molecule has 3 nitrogen and oxygen atoms in total. The fourth-order valence-electron chi connectivity index (χ4n) is 1.91. The van der Waals surface area contributed by atoms with Crippen molar-refractivity contribution >= 4 is 11.9 Å². The van der Waals surface area contributed by atoms with E-state index in [1.54, 1.807) is 12.1 Å². The van der Waals surface area contributed by atoms with E-state index in [2.05, 4.69) is 0 Å². The van der Waals surface area contributed by atoms with Crippen LogP contribution in [-0.2, 0) is 0 Å². The summed E-state index contributed by atoms with van der Waals surface area (Å²) in [6.07, 6.45) is 3.03. The van der Waals surface area contributed by atoms with Gasteiger partial charge in [0.25, 0.3) is 0 Å². The van der Waals surface area contributed by atoms with Crippen molar-refractivity contribution in [2.45, 2.75) is 13.8 Å². The van der Waals surface area contributed by atoms with E-state index in [1.165, 1.54) is 29.8 Å². The number of hydrogen-bond donors (Lipinski definition) is 1. The molecule has 1 N–H and O–H groups in total. The summed E-state index contributed by atoms with van der Waals surface area (Å²) >= 11 is 0. The smallest absolute Gasteiger partial charge is 0.220 e. The van der Waals surface area contributed by atoms with Gasteiger partial charge in [-0.3, -0.25) is 9.59 Å². The summed E-state index contributed by atoms with van der Waals surface area (Å²) in [5.41, 5.74) is 2.66. The number of hydrogen-bond acceptors (Lipinski definition) is 3. The third-order valence-electron chi connectivity index (χ3n) is 3.33. The van der Waals surface area contributed by atoms with E-state index in [4.69, 9.17) is 0 Å². The van der Waals surface area contributed by atoms with Gasteiger partial charge in [-0.2, -0.15) is 0 Å². The molecule has 2 aromatic carbocycles. The molecule has 0 aliphatic heterocycles. The van der Waals surface area contributed by atoms with Gasteiger partial charge in [0.1, 0.15) is 0 Å². The van der Waals surface area contributed by atoms with E-state index in [9.17, 15) is 14.7 Å². The average molecular weight is 280 g/mol. The summed E-state index contributed by atoms with van der Waals surface area (Å²) in [5, 5.41) is 9.74. The number of carbonyl (C=O) groups is 1. The molecule has 0 radical (unpaired) electrons. The molecule has 0 bridgehead atoms. The molecule has 106 valence electrons. The molecule has 0 atom stereocenters. The fourth-order valence-corrected chi connectivity index (χ4v) is 1.91. The quantitative estimate of drug-likeness (QED) is 0.693. The molecular formula is C18H16O3. The van der Waals surface area contributed by atoms with Crippen LogP contribution in [0.2, 0.25) is 0 Å². The first kappa shape index (κ1) is 14.7. The van der Waals surface area contributed by atoms with Crippen LogP contribution in [0.5, 0.6) is 5.75 Å². The summed E-state index contributed by atoms with van der Waals surface area (Å²) in [6.45, 7) is 4.02. The molecule has 0 saturated heterocycles. The van der Waals surface area contributed by atoms with Crippen LogP contribution < -0.4 is 5.43 Å². The van der Waals surface area contributed by atoms with E-state index >= 15 is 0 Å². The van der Waals surface area contributed by atoms with Gasteiger partial charge in [0.2, 0.25) is 5.43 Å². The summed E-state index contributed by atoms with van der Waals surface area (Å²) in [5.74, 6) is -0.922. The molecular weight excluding hydrogens is 264 g/mol. The van der Waals surface area contributed by atoms with Crippen molar-refractivity contribution < 1.29 is 9.90 Å². The van der Waals surface area contributed by atoms with E-state index in [1.807, 2.05) is 32.0 Å². The molecule has 0 amide bonds. The first-order valence-corrected chi connectivity index (χ1v) is 6.61. The highest BCUT2D eigenvalue weighted by molar-refractivity contribution is 6.08. The molecule has 21 heavy (non-hydrogen) atoms. The van der Waals surface area contributed by atoms with Gasteiger partial charge >= 0.3 is 0 Å². The van der Waals surface area contributed by atoms with E-state index in [-0.39, 0.29) is 5.56 Å². The number of carbonyl (C=O) groups excluding carboxylic acids is 1. The van der Waals surface area contributed by atoms with Crippen LogP contribution in [0.25, 0.3) is 6.08 Å². The first-order chi connectivity index (χ1) is 9.99. The number of ketones is 1. The molecule has 2 rings (SSSR count). The van der Waals surface area contributed by atoms with Crippen LogP contribution in [0.1, 0.15) is 27.0 Å². The van der Waals surface area contributed by atoms with Gasteiger partial charge in [-0.05, 0) is 48.7 Å². The third kappa shape index (κ3) is 3.45. The van der Waals surface area contributed by atoms with Gasteiger partial charge in [-0.25, -0.2) is 0 Å². The zero-order chi connectivity index (χ0) is 15.4. The first-order valence-electron chi connectivity index (χ1n) is 6.61. The number of aryl methyl sites for hydroxylation is 2. The van der Waals surface area contributed by atoms with Crippen LogP contribution in [0, 0.1) is 13.8 Å². The van der Waals surface area contributed by atoms with Gasteiger partial charge in [0.15, 0.2) is 11.5 Å². The summed E-state index contributed by atoms with van der Waals surface area (Å²) in [6, 6.07) is 11.6. The van der Waals surface area contributed by atoms with Gasteiger partial charge in [0, 0.05) is 0 Å². The molecule has 0 saturated carbocycles. The number of aromatic hydroxyl groups is 1. The third-order valence-corrected chi connectivity index (χ3v) is 3.33. The van der Waals surface area contributed by atoms with Crippen LogP contribution in [0.15, 0.2) is 53.3 Å². The lowest BCUT2D eigenvalue weighted by atomic mass is 10.0. The van der Waals surface area contributed by atoms with Crippen LogP contribution in [0.3, 0.4) is 0 Å². The Morgan fingerprint density at radius 1 is 1.05 bits per heavy atom. The summed E-state index contributed by atoms with van der Waals surface area (Å²) in [4.78, 5) is 23.6. The topological polar surface area (TPSA) is 54.4 Å². The lowest BCUT2D eigenvalue weighted by Gasteiger charge is -2.00. The monoisotopic (exact) mass is 280 g/mol. The number of allylic oxidation sites excluding steroid dienone is 1. The van der Waals surface area contributed by atoms with Crippen molar-refractivity contribution in [2.75, 3.05) is 0 Å². The standard InChI is InChI=1S/C18H16O3/c1-12-7-8-14(11-13(12)2)9-10-16(19)15-5-3-4-6-17(20)18(15)21/h3-11H,1-2H3,(H,20,21). The maximum absolute atomic E-state index is 12.1. The van der Waals surface area contributed by atoms with E-state index < -0.39 is 17.0 Å². The normalized spacial score (nSPS) is 10.8. The lowest BCUT2D eigenvalue weighted by Crippen LogP contribution is -2.01. The Kier molecular flexibility index (Phi) is 4.33. The van der Waals surface area contributed by atoms with Crippen molar-refractivity contribution in [3.05, 3.63) is 81.0 Å². The largest absolute Gasteiger partial charge is 0.504 e. The van der Waals surface area contributed by atoms with E-state index in [0.717, 1.165) is 11.1 Å².